The number of hydrogen-bond donors (Lipinski definition) is 2. The molecule has 1 heterocycles. The van der Waals surface area contributed by atoms with Crippen LogP contribution in [0.5, 0.6) is 0 Å². The van der Waals surface area contributed by atoms with Crippen LogP contribution in [0.1, 0.15) is 13.3 Å². The Bertz CT molecular complexity index is 597. The first-order valence-corrected chi connectivity index (χ1v) is 8.41. The average molecular weight is 314 g/mol. The second-order valence-electron chi connectivity index (χ2n) is 5.34. The summed E-state index contributed by atoms with van der Waals surface area (Å²) in [6, 6.07) is 4.64. The van der Waals surface area contributed by atoms with Gasteiger partial charge in [0.15, 0.2) is 9.84 Å². The van der Waals surface area contributed by atoms with E-state index in [2.05, 4.69) is 10.6 Å². The molecule has 0 saturated carbocycles. The van der Waals surface area contributed by atoms with Gasteiger partial charge in [0, 0.05) is 32.0 Å². The largest absolute Gasteiger partial charge is 0.356 e. The molecule has 21 heavy (non-hydrogen) atoms. The molecule has 1 aliphatic rings. The number of hydrogen-bond acceptors (Lipinski definition) is 4. The molecule has 1 fully saturated rings. The molecule has 2 N–H and O–H groups in total. The van der Waals surface area contributed by atoms with E-state index in [-0.39, 0.29) is 17.2 Å². The van der Waals surface area contributed by atoms with E-state index in [9.17, 15) is 17.6 Å². The molecule has 1 amide bonds. The molecule has 0 aromatic heterocycles. The molecule has 0 spiro atoms. The van der Waals surface area contributed by atoms with E-state index in [1.54, 1.807) is 0 Å². The van der Waals surface area contributed by atoms with Crippen LogP contribution in [0.15, 0.2) is 29.2 Å². The van der Waals surface area contributed by atoms with Crippen LogP contribution in [0.25, 0.3) is 0 Å². The quantitative estimate of drug-likeness (QED) is 0.759. The second-order valence-corrected chi connectivity index (χ2v) is 7.71. The molecule has 0 bridgehead atoms. The summed E-state index contributed by atoms with van der Waals surface area (Å²) in [6.07, 6.45) is -0.0974. The summed E-state index contributed by atoms with van der Waals surface area (Å²) in [6.45, 7) is 3.81. The number of benzene rings is 1. The number of carbonyl (C=O) groups excluding carboxylic acids is 1. The lowest BCUT2D eigenvalue weighted by atomic mass is 10.0. The van der Waals surface area contributed by atoms with Gasteiger partial charge in [-0.15, -0.1) is 0 Å². The van der Waals surface area contributed by atoms with Gasteiger partial charge in [0.05, 0.1) is 10.1 Å². The minimum Gasteiger partial charge on any atom is -0.356 e. The third-order valence-electron chi connectivity index (χ3n) is 3.60. The van der Waals surface area contributed by atoms with Gasteiger partial charge >= 0.3 is 0 Å². The lowest BCUT2D eigenvalue weighted by Gasteiger charge is -2.27. The van der Waals surface area contributed by atoms with Crippen LogP contribution in [0.4, 0.5) is 4.39 Å². The van der Waals surface area contributed by atoms with Gasteiger partial charge in [-0.3, -0.25) is 4.79 Å². The summed E-state index contributed by atoms with van der Waals surface area (Å²) in [4.78, 5) is 11.8. The number of rotatable bonds is 6. The van der Waals surface area contributed by atoms with Crippen LogP contribution in [-0.2, 0) is 14.6 Å². The fourth-order valence-electron chi connectivity index (χ4n) is 2.05. The highest BCUT2D eigenvalue weighted by Crippen LogP contribution is 2.18. The Balaban J connectivity index is 1.92. The van der Waals surface area contributed by atoms with E-state index in [1.165, 1.54) is 19.1 Å². The molecule has 1 aliphatic heterocycles. The monoisotopic (exact) mass is 314 g/mol. The van der Waals surface area contributed by atoms with Gasteiger partial charge < -0.3 is 10.6 Å². The lowest BCUT2D eigenvalue weighted by molar-refractivity contribution is -0.121. The summed E-state index contributed by atoms with van der Waals surface area (Å²) >= 11 is 0. The molecule has 1 unspecified atom stereocenters. The Labute approximate surface area is 123 Å². The van der Waals surface area contributed by atoms with Crippen molar-refractivity contribution < 1.29 is 17.6 Å². The van der Waals surface area contributed by atoms with Gasteiger partial charge in [0.1, 0.15) is 5.82 Å². The van der Waals surface area contributed by atoms with Crippen molar-refractivity contribution in [1.29, 1.82) is 0 Å². The summed E-state index contributed by atoms with van der Waals surface area (Å²) < 4.78 is 37.4. The molecule has 1 atom stereocenters. The summed E-state index contributed by atoms with van der Waals surface area (Å²) in [5.41, 5.74) is 0. The van der Waals surface area contributed by atoms with E-state index in [0.29, 0.717) is 12.5 Å². The second kappa shape index (κ2) is 6.53. The molecule has 0 radical (unpaired) electrons. The Kier molecular flexibility index (Phi) is 4.95. The lowest BCUT2D eigenvalue weighted by Crippen LogP contribution is -2.48. The van der Waals surface area contributed by atoms with Gasteiger partial charge in [0.25, 0.3) is 0 Å². The van der Waals surface area contributed by atoms with Crippen molar-refractivity contribution in [2.45, 2.75) is 23.5 Å². The predicted molar refractivity (Wildman–Crippen MR) is 77.0 cm³/mol. The molecular weight excluding hydrogens is 295 g/mol. The van der Waals surface area contributed by atoms with Crippen LogP contribution in [-0.4, -0.2) is 39.2 Å². The molecule has 2 rings (SSSR count). The van der Waals surface area contributed by atoms with Gasteiger partial charge in [0.2, 0.25) is 5.91 Å². The van der Waals surface area contributed by atoms with Crippen LogP contribution >= 0.6 is 0 Å². The van der Waals surface area contributed by atoms with Crippen molar-refractivity contribution in [3.05, 3.63) is 30.1 Å². The summed E-state index contributed by atoms with van der Waals surface area (Å²) in [5.74, 6) is -0.341. The van der Waals surface area contributed by atoms with Crippen LogP contribution in [0.3, 0.4) is 0 Å². The minimum atomic E-state index is -3.62. The maximum Gasteiger partial charge on any atom is 0.221 e. The smallest absolute Gasteiger partial charge is 0.221 e. The number of amides is 1. The summed E-state index contributed by atoms with van der Waals surface area (Å²) in [7, 11) is -3.62. The average Bonchev–Trinajstić information content (AvgIpc) is 2.37. The van der Waals surface area contributed by atoms with Crippen molar-refractivity contribution in [2.24, 2.45) is 5.92 Å². The zero-order chi connectivity index (χ0) is 15.5. The Morgan fingerprint density at radius 3 is 2.52 bits per heavy atom. The third kappa shape index (κ3) is 4.01. The molecule has 116 valence electrons. The number of carbonyl (C=O) groups is 1. The first kappa shape index (κ1) is 15.9. The Hall–Kier alpha value is -1.47. The highest BCUT2D eigenvalue weighted by atomic mass is 32.2. The normalized spacial score (nSPS) is 17.0. The van der Waals surface area contributed by atoms with Gasteiger partial charge in [-0.05, 0) is 31.2 Å². The van der Waals surface area contributed by atoms with E-state index in [4.69, 9.17) is 0 Å². The first-order chi connectivity index (χ1) is 9.89. The van der Waals surface area contributed by atoms with Crippen molar-refractivity contribution >= 4 is 15.7 Å². The number of halogens is 1. The Morgan fingerprint density at radius 1 is 1.38 bits per heavy atom. The summed E-state index contributed by atoms with van der Waals surface area (Å²) in [5, 5.41) is 5.00. The molecular formula is C14H19FN2O3S. The first-order valence-electron chi connectivity index (χ1n) is 6.86. The molecule has 0 aliphatic carbocycles. The SMILES string of the molecule is CC(CC(=O)NCC1CNC1)S(=O)(=O)c1ccc(F)cc1. The van der Waals surface area contributed by atoms with Crippen LogP contribution in [0, 0.1) is 11.7 Å². The van der Waals surface area contributed by atoms with E-state index in [0.717, 1.165) is 25.2 Å². The molecule has 5 nitrogen and oxygen atoms in total. The molecule has 1 aromatic carbocycles. The van der Waals surface area contributed by atoms with E-state index >= 15 is 0 Å². The minimum absolute atomic E-state index is 0.0346. The molecule has 1 aromatic rings. The van der Waals surface area contributed by atoms with Crippen molar-refractivity contribution in [2.75, 3.05) is 19.6 Å². The third-order valence-corrected chi connectivity index (χ3v) is 5.75. The van der Waals surface area contributed by atoms with Gasteiger partial charge in [-0.2, -0.15) is 0 Å². The topological polar surface area (TPSA) is 75.3 Å². The van der Waals surface area contributed by atoms with Crippen molar-refractivity contribution in [1.82, 2.24) is 10.6 Å². The number of nitrogens with one attached hydrogen (secondary N) is 2. The van der Waals surface area contributed by atoms with Gasteiger partial charge in [-0.25, -0.2) is 12.8 Å². The zero-order valence-corrected chi connectivity index (χ0v) is 12.6. The maximum atomic E-state index is 12.8. The highest BCUT2D eigenvalue weighted by molar-refractivity contribution is 7.92. The number of sulfone groups is 1. The van der Waals surface area contributed by atoms with Crippen LogP contribution < -0.4 is 10.6 Å². The maximum absolute atomic E-state index is 12.8. The van der Waals surface area contributed by atoms with E-state index in [1.807, 2.05) is 0 Å². The highest BCUT2D eigenvalue weighted by Gasteiger charge is 2.26. The zero-order valence-electron chi connectivity index (χ0n) is 11.8. The van der Waals surface area contributed by atoms with Crippen molar-refractivity contribution in [3.8, 4) is 0 Å². The standard InChI is InChI=1S/C14H19FN2O3S/c1-10(6-14(18)17-9-11-7-16-8-11)21(19,20)13-4-2-12(15)3-5-13/h2-5,10-11,16H,6-9H2,1H3,(H,17,18). The fourth-order valence-corrected chi connectivity index (χ4v) is 3.40. The van der Waals surface area contributed by atoms with Crippen LogP contribution in [0.2, 0.25) is 0 Å². The van der Waals surface area contributed by atoms with E-state index < -0.39 is 20.9 Å². The Morgan fingerprint density at radius 2 is 2.00 bits per heavy atom. The van der Waals surface area contributed by atoms with Gasteiger partial charge in [-0.1, -0.05) is 0 Å². The molecule has 1 saturated heterocycles. The predicted octanol–water partition coefficient (Wildman–Crippen LogP) is 0.714. The van der Waals surface area contributed by atoms with Crippen molar-refractivity contribution in [3.63, 3.8) is 0 Å². The molecule has 7 heteroatoms. The fraction of sp³-hybridized carbons (Fsp3) is 0.500.